The van der Waals surface area contributed by atoms with Gasteiger partial charge in [0.1, 0.15) is 23.2 Å². The Morgan fingerprint density at radius 2 is 1.61 bits per heavy atom. The molecule has 1 saturated heterocycles. The topological polar surface area (TPSA) is 189 Å². The minimum absolute atomic E-state index is 0.187. The van der Waals surface area contributed by atoms with Gasteiger partial charge in [-0.2, -0.15) is 9.67 Å². The van der Waals surface area contributed by atoms with E-state index in [1.165, 1.54) is 0 Å². The lowest BCUT2D eigenvalue weighted by atomic mass is 9.80. The maximum Gasteiger partial charge on any atom is 0.695 e. The van der Waals surface area contributed by atoms with Gasteiger partial charge in [0.2, 0.25) is 11.9 Å². The molecule has 0 bridgehead atoms. The lowest BCUT2D eigenvalue weighted by Gasteiger charge is -2.37. The molecule has 1 fully saturated rings. The van der Waals surface area contributed by atoms with Gasteiger partial charge in [0.05, 0.1) is 20.8 Å². The average molecular weight is 722 g/mol. The SMILES string of the molecule is COc1ccc(C(OC[C@H]2O[C@@H](n3nnc4c(=O)[nH]c(NC(=O)C(C)C)nc43)[C@H](O[P+](=O)O)[C@@H]2F)(c2ccccc2)c2ccc(OC)cc2)cc1. The second-order valence-corrected chi connectivity index (χ2v) is 12.6. The van der Waals surface area contributed by atoms with Crippen LogP contribution in [0.15, 0.2) is 83.7 Å². The van der Waals surface area contributed by atoms with E-state index in [2.05, 4.69) is 25.6 Å². The average Bonchev–Trinajstić information content (AvgIpc) is 3.69. The summed E-state index contributed by atoms with van der Waals surface area (Å²) < 4.78 is 58.2. The molecule has 0 saturated carbocycles. The Kier molecular flexibility index (Phi) is 10.5. The number of H-pyrrole nitrogens is 1. The molecule has 0 aliphatic carbocycles. The first-order valence-electron chi connectivity index (χ1n) is 15.8. The molecule has 1 aliphatic heterocycles. The van der Waals surface area contributed by atoms with Crippen molar-refractivity contribution >= 4 is 31.3 Å². The Balaban J connectivity index is 1.40. The summed E-state index contributed by atoms with van der Waals surface area (Å²) >= 11 is 0. The molecule has 5 aromatic rings. The van der Waals surface area contributed by atoms with Crippen molar-refractivity contribution in [1.82, 2.24) is 25.0 Å². The first kappa shape index (κ1) is 35.7. The lowest BCUT2D eigenvalue weighted by molar-refractivity contribution is -0.118. The molecule has 3 aromatic carbocycles. The van der Waals surface area contributed by atoms with Gasteiger partial charge in [-0.05, 0) is 41.0 Å². The minimum Gasteiger partial charge on any atom is -0.497 e. The van der Waals surface area contributed by atoms with Crippen molar-refractivity contribution in [2.45, 2.75) is 44.1 Å². The van der Waals surface area contributed by atoms with Gasteiger partial charge in [-0.25, -0.2) is 4.39 Å². The Morgan fingerprint density at radius 3 is 2.16 bits per heavy atom. The number of fused-ring (bicyclic) bond motifs is 1. The molecule has 0 radical (unpaired) electrons. The third-order valence-electron chi connectivity index (χ3n) is 8.46. The fourth-order valence-corrected chi connectivity index (χ4v) is 6.28. The summed E-state index contributed by atoms with van der Waals surface area (Å²) in [6.45, 7) is 2.91. The van der Waals surface area contributed by atoms with E-state index in [1.54, 1.807) is 52.3 Å². The molecule has 3 N–H and O–H groups in total. The van der Waals surface area contributed by atoms with Crippen molar-refractivity contribution in [3.63, 3.8) is 0 Å². The zero-order valence-corrected chi connectivity index (χ0v) is 28.8. The van der Waals surface area contributed by atoms with Gasteiger partial charge in [0.25, 0.3) is 5.56 Å². The molecule has 1 amide bonds. The summed E-state index contributed by atoms with van der Waals surface area (Å²) in [5.41, 5.74) is -0.442. The number of ether oxygens (including phenoxy) is 4. The number of nitrogens with one attached hydrogen (secondary N) is 2. The number of nitrogens with zero attached hydrogens (tertiary/aromatic N) is 4. The predicted molar refractivity (Wildman–Crippen MR) is 181 cm³/mol. The highest BCUT2D eigenvalue weighted by Gasteiger charge is 2.53. The van der Waals surface area contributed by atoms with Crippen LogP contribution >= 0.6 is 8.25 Å². The highest BCUT2D eigenvalue weighted by molar-refractivity contribution is 7.32. The Labute approximate surface area is 291 Å². The largest absolute Gasteiger partial charge is 0.695 e. The van der Waals surface area contributed by atoms with Crippen LogP contribution in [0.4, 0.5) is 10.3 Å². The number of halogens is 1. The summed E-state index contributed by atoms with van der Waals surface area (Å²) in [7, 11) is -0.215. The Morgan fingerprint density at radius 1 is 1.02 bits per heavy atom. The number of hydrogen-bond acceptors (Lipinski definition) is 11. The molecule has 6 rings (SSSR count). The number of amides is 1. The van der Waals surface area contributed by atoms with Crippen LogP contribution in [0, 0.1) is 5.92 Å². The number of methoxy groups -OCH3 is 2. The van der Waals surface area contributed by atoms with E-state index in [-0.39, 0.29) is 17.1 Å². The van der Waals surface area contributed by atoms with Crippen LogP contribution in [-0.2, 0) is 29.0 Å². The van der Waals surface area contributed by atoms with E-state index < -0.39 is 62.5 Å². The van der Waals surface area contributed by atoms with Gasteiger partial charge < -0.3 is 18.9 Å². The van der Waals surface area contributed by atoms with Gasteiger partial charge in [-0.3, -0.25) is 19.9 Å². The normalized spacial score (nSPS) is 19.3. The van der Waals surface area contributed by atoms with E-state index in [9.17, 15) is 19.0 Å². The number of anilines is 1. The quantitative estimate of drug-likeness (QED) is 0.115. The van der Waals surface area contributed by atoms with Crippen molar-refractivity contribution in [2.75, 3.05) is 26.1 Å². The fourth-order valence-electron chi connectivity index (χ4n) is 5.86. The van der Waals surface area contributed by atoms with Crippen molar-refractivity contribution in [3.8, 4) is 11.5 Å². The number of alkyl halides is 1. The second kappa shape index (κ2) is 15.0. The Bertz CT molecular complexity index is 2010. The molecule has 5 atom stereocenters. The maximum absolute atomic E-state index is 16.4. The standard InChI is InChI=1S/C34H34FN6O9P/c1-19(2)30(42)37-33-36-29-27(31(43)38-33)39-40-41(29)32-28(50-51(44)45)26(35)25(49-32)18-48-34(20-8-6-5-7-9-20,21-10-14-23(46-3)15-11-21)22-12-16-24(47-4)17-13-22/h5-17,19,25-26,28,32H,18H2,1-4H3,(H2-,36,37,38,40,42,43,44,45)/p+1/t25-,26-,28-,32-/m1/s1. The molecule has 17 heteroatoms. The second-order valence-electron chi connectivity index (χ2n) is 11.9. The lowest BCUT2D eigenvalue weighted by Crippen LogP contribution is -2.38. The van der Waals surface area contributed by atoms with Crippen molar-refractivity contribution < 1.29 is 42.1 Å². The van der Waals surface area contributed by atoms with Crippen molar-refractivity contribution in [3.05, 3.63) is 106 Å². The number of hydrogen-bond donors (Lipinski definition) is 3. The molecular weight excluding hydrogens is 686 g/mol. The minimum atomic E-state index is -3.33. The van der Waals surface area contributed by atoms with Gasteiger partial charge in [-0.1, -0.05) is 73.7 Å². The fraction of sp³-hybridized carbons (Fsp3) is 0.324. The number of carbonyl (C=O) groups is 1. The zero-order chi connectivity index (χ0) is 36.3. The van der Waals surface area contributed by atoms with Gasteiger partial charge in [0, 0.05) is 10.5 Å². The third kappa shape index (κ3) is 7.09. The van der Waals surface area contributed by atoms with Crippen LogP contribution in [0.3, 0.4) is 0 Å². The van der Waals surface area contributed by atoms with E-state index in [0.717, 1.165) is 4.68 Å². The highest BCUT2D eigenvalue weighted by Crippen LogP contribution is 2.44. The molecule has 1 aliphatic rings. The predicted octanol–water partition coefficient (Wildman–Crippen LogP) is 4.41. The van der Waals surface area contributed by atoms with Gasteiger partial charge in [-0.15, -0.1) is 14.5 Å². The summed E-state index contributed by atoms with van der Waals surface area (Å²) in [4.78, 5) is 41.6. The summed E-state index contributed by atoms with van der Waals surface area (Å²) in [5, 5.41) is 10.3. The van der Waals surface area contributed by atoms with Crippen LogP contribution in [0.2, 0.25) is 0 Å². The van der Waals surface area contributed by atoms with E-state index in [0.29, 0.717) is 28.2 Å². The van der Waals surface area contributed by atoms with E-state index in [4.69, 9.17) is 23.5 Å². The smallest absolute Gasteiger partial charge is 0.497 e. The molecule has 15 nitrogen and oxygen atoms in total. The number of benzene rings is 3. The third-order valence-corrected chi connectivity index (χ3v) is 8.88. The van der Waals surface area contributed by atoms with Gasteiger partial charge in [0.15, 0.2) is 29.7 Å². The monoisotopic (exact) mass is 721 g/mol. The molecule has 2 aromatic heterocycles. The maximum atomic E-state index is 16.4. The van der Waals surface area contributed by atoms with Crippen LogP contribution in [0.1, 0.15) is 36.8 Å². The van der Waals surface area contributed by atoms with Gasteiger partial charge >= 0.3 is 8.25 Å². The molecule has 51 heavy (non-hydrogen) atoms. The van der Waals surface area contributed by atoms with Crippen LogP contribution in [0.25, 0.3) is 11.2 Å². The van der Waals surface area contributed by atoms with Crippen LogP contribution in [0.5, 0.6) is 11.5 Å². The van der Waals surface area contributed by atoms with Crippen LogP contribution in [-0.4, -0.2) is 75.0 Å². The first-order chi connectivity index (χ1) is 24.5. The first-order valence-corrected chi connectivity index (χ1v) is 17.0. The molecule has 0 spiro atoms. The molecular formula is C34H35FN6O9P+. The summed E-state index contributed by atoms with van der Waals surface area (Å²) in [6, 6.07) is 23.8. The van der Waals surface area contributed by atoms with E-state index >= 15 is 4.39 Å². The number of carbonyl (C=O) groups excluding carboxylic acids is 1. The molecule has 3 heterocycles. The number of aromatic amines is 1. The Hall–Kier alpha value is -5.12. The zero-order valence-electron chi connectivity index (χ0n) is 27.9. The number of aromatic nitrogens is 5. The van der Waals surface area contributed by atoms with E-state index in [1.807, 2.05) is 54.6 Å². The van der Waals surface area contributed by atoms with Crippen LogP contribution < -0.4 is 20.3 Å². The van der Waals surface area contributed by atoms with Crippen molar-refractivity contribution in [1.29, 1.82) is 0 Å². The molecule has 1 unspecified atom stereocenters. The highest BCUT2D eigenvalue weighted by atomic mass is 31.1. The number of rotatable bonds is 13. The molecule has 266 valence electrons. The summed E-state index contributed by atoms with van der Waals surface area (Å²) in [6.07, 6.45) is -6.67. The van der Waals surface area contributed by atoms with Crippen molar-refractivity contribution in [2.24, 2.45) is 5.92 Å². The summed E-state index contributed by atoms with van der Waals surface area (Å²) in [5.74, 6) is 0.154.